The number of unbranched alkanes of at least 4 members (excludes halogenated alkanes) is 1. The van der Waals surface area contributed by atoms with Crippen molar-refractivity contribution >= 4 is 23.0 Å². The maximum atomic E-state index is 6.01. The highest BCUT2D eigenvalue weighted by molar-refractivity contribution is 7.80. The van der Waals surface area contributed by atoms with Gasteiger partial charge in [0, 0.05) is 17.3 Å². The Morgan fingerprint density at radius 3 is 2.32 bits per heavy atom. The third-order valence-corrected chi connectivity index (χ3v) is 4.24. The third-order valence-electron chi connectivity index (χ3n) is 4.14. The number of rotatable bonds is 9. The predicted octanol–water partition coefficient (Wildman–Crippen LogP) is 5.25. The second-order valence-electron chi connectivity index (χ2n) is 6.28. The van der Waals surface area contributed by atoms with E-state index in [9.17, 15) is 0 Å². The number of para-hydroxylation sites is 1. The molecular formula is C23H24N2O2S. The van der Waals surface area contributed by atoms with Crippen LogP contribution in [0.3, 0.4) is 0 Å². The first-order chi connectivity index (χ1) is 13.7. The molecule has 0 aliphatic heterocycles. The van der Waals surface area contributed by atoms with Crippen LogP contribution in [0.25, 0.3) is 11.1 Å². The van der Waals surface area contributed by atoms with Crippen molar-refractivity contribution in [3.8, 4) is 22.6 Å². The first kappa shape index (κ1) is 19.7. The lowest BCUT2D eigenvalue weighted by atomic mass is 10.1. The van der Waals surface area contributed by atoms with Crippen molar-refractivity contribution in [3.05, 3.63) is 78.9 Å². The van der Waals surface area contributed by atoms with Gasteiger partial charge in [0.05, 0.1) is 13.2 Å². The molecule has 3 aromatic rings. The van der Waals surface area contributed by atoms with E-state index in [1.54, 1.807) is 0 Å². The fraction of sp³-hybridized carbons (Fsp3) is 0.174. The number of ether oxygens (including phenoxy) is 2. The number of hydrogen-bond acceptors (Lipinski definition) is 3. The van der Waals surface area contributed by atoms with Crippen molar-refractivity contribution in [2.45, 2.75) is 12.8 Å². The SMILES string of the molecule is NC(=S)Nc1cccc(OCCCCOc2ccccc2-c2ccccc2)c1. The van der Waals surface area contributed by atoms with E-state index < -0.39 is 0 Å². The lowest BCUT2D eigenvalue weighted by molar-refractivity contribution is 0.267. The molecule has 0 amide bonds. The molecule has 4 nitrogen and oxygen atoms in total. The van der Waals surface area contributed by atoms with Crippen LogP contribution in [0, 0.1) is 0 Å². The molecule has 3 rings (SSSR count). The molecule has 0 fully saturated rings. The average molecular weight is 393 g/mol. The summed E-state index contributed by atoms with van der Waals surface area (Å²) in [6, 6.07) is 26.0. The van der Waals surface area contributed by atoms with Crippen molar-refractivity contribution in [2.75, 3.05) is 18.5 Å². The van der Waals surface area contributed by atoms with Crippen LogP contribution < -0.4 is 20.5 Å². The smallest absolute Gasteiger partial charge is 0.168 e. The van der Waals surface area contributed by atoms with Crippen LogP contribution in [0.2, 0.25) is 0 Å². The zero-order chi connectivity index (χ0) is 19.6. The summed E-state index contributed by atoms with van der Waals surface area (Å²) in [5.41, 5.74) is 8.59. The molecule has 0 radical (unpaired) electrons. The van der Waals surface area contributed by atoms with E-state index in [1.807, 2.05) is 60.7 Å². The van der Waals surface area contributed by atoms with Crippen LogP contribution in [-0.4, -0.2) is 18.3 Å². The van der Waals surface area contributed by atoms with Gasteiger partial charge in [0.15, 0.2) is 5.11 Å². The summed E-state index contributed by atoms with van der Waals surface area (Å²) >= 11 is 4.85. The molecule has 0 bridgehead atoms. The molecule has 0 saturated carbocycles. The number of hydrogen-bond donors (Lipinski definition) is 2. The van der Waals surface area contributed by atoms with Crippen LogP contribution in [0.5, 0.6) is 11.5 Å². The Morgan fingerprint density at radius 2 is 1.54 bits per heavy atom. The summed E-state index contributed by atoms with van der Waals surface area (Å²) in [6.45, 7) is 1.27. The largest absolute Gasteiger partial charge is 0.494 e. The molecular weight excluding hydrogens is 368 g/mol. The minimum absolute atomic E-state index is 0.241. The summed E-state index contributed by atoms with van der Waals surface area (Å²) in [7, 11) is 0. The topological polar surface area (TPSA) is 56.5 Å². The maximum absolute atomic E-state index is 6.01. The Labute approximate surface area is 171 Å². The van der Waals surface area contributed by atoms with Crippen molar-refractivity contribution in [1.29, 1.82) is 0 Å². The average Bonchev–Trinajstić information content (AvgIpc) is 2.71. The molecule has 144 valence electrons. The van der Waals surface area contributed by atoms with Gasteiger partial charge in [-0.25, -0.2) is 0 Å². The summed E-state index contributed by atoms with van der Waals surface area (Å²) in [6.07, 6.45) is 1.81. The number of benzene rings is 3. The van der Waals surface area contributed by atoms with Crippen LogP contribution in [-0.2, 0) is 0 Å². The van der Waals surface area contributed by atoms with Crippen LogP contribution >= 0.6 is 12.2 Å². The van der Waals surface area contributed by atoms with Gasteiger partial charge in [-0.15, -0.1) is 0 Å². The minimum Gasteiger partial charge on any atom is -0.494 e. The van der Waals surface area contributed by atoms with Gasteiger partial charge in [-0.3, -0.25) is 0 Å². The van der Waals surface area contributed by atoms with E-state index in [2.05, 4.69) is 23.5 Å². The Kier molecular flexibility index (Phi) is 7.27. The zero-order valence-corrected chi connectivity index (χ0v) is 16.5. The monoisotopic (exact) mass is 392 g/mol. The minimum atomic E-state index is 0.241. The molecule has 0 unspecified atom stereocenters. The summed E-state index contributed by atoms with van der Waals surface area (Å²) < 4.78 is 11.8. The van der Waals surface area contributed by atoms with E-state index in [0.717, 1.165) is 41.2 Å². The van der Waals surface area contributed by atoms with Gasteiger partial charge >= 0.3 is 0 Å². The molecule has 5 heteroatoms. The number of thiocarbonyl (C=S) groups is 1. The van der Waals surface area contributed by atoms with E-state index in [1.165, 1.54) is 0 Å². The standard InChI is InChI=1S/C23H24N2O2S/c24-23(28)25-19-11-8-12-20(17-19)26-15-6-7-16-27-22-14-5-4-13-21(22)18-9-2-1-3-10-18/h1-5,8-14,17H,6-7,15-16H2,(H3,24,25,28). The van der Waals surface area contributed by atoms with Gasteiger partial charge in [-0.1, -0.05) is 54.6 Å². The van der Waals surface area contributed by atoms with Crippen molar-refractivity contribution in [3.63, 3.8) is 0 Å². The maximum Gasteiger partial charge on any atom is 0.168 e. The second kappa shape index (κ2) is 10.3. The summed E-state index contributed by atoms with van der Waals surface area (Å²) in [5, 5.41) is 3.14. The first-order valence-corrected chi connectivity index (χ1v) is 9.70. The van der Waals surface area contributed by atoms with Crippen LogP contribution in [0.1, 0.15) is 12.8 Å². The molecule has 0 atom stereocenters. The Balaban J connectivity index is 1.43. The second-order valence-corrected chi connectivity index (χ2v) is 6.72. The van der Waals surface area contributed by atoms with E-state index in [4.69, 9.17) is 27.4 Å². The number of nitrogens with one attached hydrogen (secondary N) is 1. The Hall–Kier alpha value is -3.05. The van der Waals surface area contributed by atoms with Crippen molar-refractivity contribution in [1.82, 2.24) is 0 Å². The molecule has 0 spiro atoms. The third kappa shape index (κ3) is 5.99. The molecule has 3 N–H and O–H groups in total. The van der Waals surface area contributed by atoms with E-state index >= 15 is 0 Å². The fourth-order valence-corrected chi connectivity index (χ4v) is 2.95. The van der Waals surface area contributed by atoms with Crippen LogP contribution in [0.15, 0.2) is 78.9 Å². The lowest BCUT2D eigenvalue weighted by Crippen LogP contribution is -2.18. The lowest BCUT2D eigenvalue weighted by Gasteiger charge is -2.12. The normalized spacial score (nSPS) is 10.3. The number of nitrogens with two attached hydrogens (primary N) is 1. The van der Waals surface area contributed by atoms with Crippen molar-refractivity contribution < 1.29 is 9.47 Å². The molecule has 3 aromatic carbocycles. The first-order valence-electron chi connectivity index (χ1n) is 9.29. The fourth-order valence-electron chi connectivity index (χ4n) is 2.83. The molecule has 0 aromatic heterocycles. The number of anilines is 1. The van der Waals surface area contributed by atoms with E-state index in [-0.39, 0.29) is 5.11 Å². The highest BCUT2D eigenvalue weighted by Crippen LogP contribution is 2.29. The van der Waals surface area contributed by atoms with Gasteiger partial charge in [0.2, 0.25) is 0 Å². The summed E-state index contributed by atoms with van der Waals surface area (Å²) in [5.74, 6) is 1.70. The van der Waals surface area contributed by atoms with Crippen molar-refractivity contribution in [2.24, 2.45) is 5.73 Å². The Morgan fingerprint density at radius 1 is 0.821 bits per heavy atom. The summed E-state index contributed by atoms with van der Waals surface area (Å²) in [4.78, 5) is 0. The van der Waals surface area contributed by atoms with Gasteiger partial charge in [-0.2, -0.15) is 0 Å². The quantitative estimate of drug-likeness (QED) is 0.385. The van der Waals surface area contributed by atoms with Gasteiger partial charge in [0.25, 0.3) is 0 Å². The molecule has 28 heavy (non-hydrogen) atoms. The highest BCUT2D eigenvalue weighted by atomic mass is 32.1. The molecule has 0 aliphatic carbocycles. The van der Waals surface area contributed by atoms with E-state index in [0.29, 0.717) is 13.2 Å². The van der Waals surface area contributed by atoms with Gasteiger partial charge < -0.3 is 20.5 Å². The predicted molar refractivity (Wildman–Crippen MR) is 119 cm³/mol. The molecule has 0 saturated heterocycles. The zero-order valence-electron chi connectivity index (χ0n) is 15.6. The highest BCUT2D eigenvalue weighted by Gasteiger charge is 2.05. The molecule has 0 heterocycles. The van der Waals surface area contributed by atoms with Gasteiger partial charge in [0.1, 0.15) is 11.5 Å². The van der Waals surface area contributed by atoms with Crippen LogP contribution in [0.4, 0.5) is 5.69 Å². The van der Waals surface area contributed by atoms with Gasteiger partial charge in [-0.05, 0) is 48.8 Å². The Bertz CT molecular complexity index is 900. The molecule has 0 aliphatic rings.